The average Bonchev–Trinajstić information content (AvgIpc) is 3.08. The van der Waals surface area contributed by atoms with Crippen LogP contribution in [0, 0.1) is 0 Å². The first-order chi connectivity index (χ1) is 14.1. The van der Waals surface area contributed by atoms with E-state index in [0.717, 1.165) is 48.1 Å². The third-order valence-corrected chi connectivity index (χ3v) is 5.62. The van der Waals surface area contributed by atoms with Crippen LogP contribution in [-0.2, 0) is 24.1 Å². The monoisotopic (exact) mass is 443 g/mol. The number of halogens is 3. The summed E-state index contributed by atoms with van der Waals surface area (Å²) in [5.41, 5.74) is 8.11. The standard InChI is InChI=1S/C17H19N3O2S.C2HF3O2/c18-16(21)15-14(12-3-1-2-4-13(12)23-15)17(22)20-10-7-11-5-8-19-9-6-11;3-2(4,5)1(6)7/h5-6,8-9H,1-4,7,10H2,(H2,18,21)(H,20,22);(H,6,7). The predicted octanol–water partition coefficient (Wildman–Crippen LogP) is 2.73. The van der Waals surface area contributed by atoms with Crippen molar-refractivity contribution in [1.29, 1.82) is 0 Å². The van der Waals surface area contributed by atoms with Crippen LogP contribution in [0.25, 0.3) is 0 Å². The molecule has 0 atom stereocenters. The molecule has 0 bridgehead atoms. The molecular weight excluding hydrogens is 423 g/mol. The van der Waals surface area contributed by atoms with E-state index in [1.807, 2.05) is 12.1 Å². The fourth-order valence-electron chi connectivity index (χ4n) is 2.94. The Bertz CT molecular complexity index is 914. The van der Waals surface area contributed by atoms with E-state index in [1.165, 1.54) is 11.3 Å². The van der Waals surface area contributed by atoms with Gasteiger partial charge in [-0.15, -0.1) is 11.3 Å². The largest absolute Gasteiger partial charge is 0.490 e. The Labute approximate surface area is 174 Å². The molecule has 0 saturated heterocycles. The number of carboxylic acids is 1. The third kappa shape index (κ3) is 6.28. The predicted molar refractivity (Wildman–Crippen MR) is 103 cm³/mol. The fraction of sp³-hybridized carbons (Fsp3) is 0.368. The molecule has 3 rings (SSSR count). The van der Waals surface area contributed by atoms with Gasteiger partial charge in [0.1, 0.15) is 4.88 Å². The van der Waals surface area contributed by atoms with Crippen molar-refractivity contribution in [3.8, 4) is 0 Å². The van der Waals surface area contributed by atoms with Gasteiger partial charge in [-0.3, -0.25) is 14.6 Å². The van der Waals surface area contributed by atoms with E-state index in [1.54, 1.807) is 12.4 Å². The van der Waals surface area contributed by atoms with Gasteiger partial charge in [-0.05, 0) is 55.4 Å². The Kier molecular flexibility index (Phi) is 7.93. The van der Waals surface area contributed by atoms with Gasteiger partial charge in [0.05, 0.1) is 5.56 Å². The first-order valence-corrected chi connectivity index (χ1v) is 9.84. The minimum absolute atomic E-state index is 0.188. The normalized spacial score (nSPS) is 12.9. The molecule has 1 aliphatic rings. The van der Waals surface area contributed by atoms with E-state index in [9.17, 15) is 22.8 Å². The quantitative estimate of drug-likeness (QED) is 0.656. The molecule has 162 valence electrons. The number of thiophene rings is 1. The van der Waals surface area contributed by atoms with Crippen molar-refractivity contribution in [2.24, 2.45) is 5.73 Å². The second-order valence-corrected chi connectivity index (χ2v) is 7.55. The minimum atomic E-state index is -5.08. The van der Waals surface area contributed by atoms with Crippen LogP contribution in [0.3, 0.4) is 0 Å². The van der Waals surface area contributed by atoms with E-state index in [2.05, 4.69) is 10.3 Å². The zero-order chi connectivity index (χ0) is 22.3. The molecule has 2 amide bonds. The SMILES string of the molecule is NC(=O)c1sc2c(c1C(=O)NCCc1ccncc1)CCCC2.O=C(O)C(F)(F)F. The number of aryl methyl sites for hydroxylation is 1. The van der Waals surface area contributed by atoms with E-state index in [4.69, 9.17) is 15.6 Å². The number of primary amides is 1. The minimum Gasteiger partial charge on any atom is -0.475 e. The van der Waals surface area contributed by atoms with E-state index >= 15 is 0 Å². The maximum atomic E-state index is 12.6. The van der Waals surface area contributed by atoms with Crippen molar-refractivity contribution in [2.75, 3.05) is 6.54 Å². The number of aromatic nitrogens is 1. The Morgan fingerprint density at radius 2 is 1.77 bits per heavy atom. The van der Waals surface area contributed by atoms with E-state index in [0.29, 0.717) is 17.0 Å². The molecule has 7 nitrogen and oxygen atoms in total. The number of hydrogen-bond acceptors (Lipinski definition) is 5. The lowest BCUT2D eigenvalue weighted by Crippen LogP contribution is -2.28. The number of carbonyl (C=O) groups is 3. The summed E-state index contributed by atoms with van der Waals surface area (Å²) >= 11 is 1.38. The number of fused-ring (bicyclic) bond motifs is 1. The first-order valence-electron chi connectivity index (χ1n) is 9.02. The maximum absolute atomic E-state index is 12.6. The fourth-order valence-corrected chi connectivity index (χ4v) is 4.18. The molecule has 0 aliphatic heterocycles. The lowest BCUT2D eigenvalue weighted by Gasteiger charge is -2.13. The highest BCUT2D eigenvalue weighted by Gasteiger charge is 2.38. The number of alkyl halides is 3. The highest BCUT2D eigenvalue weighted by molar-refractivity contribution is 7.14. The summed E-state index contributed by atoms with van der Waals surface area (Å²) in [4.78, 5) is 38.7. The Balaban J connectivity index is 0.000000396. The summed E-state index contributed by atoms with van der Waals surface area (Å²) in [5, 5.41) is 10.0. The molecule has 0 radical (unpaired) electrons. The second-order valence-electron chi connectivity index (χ2n) is 6.44. The van der Waals surface area contributed by atoms with Gasteiger partial charge in [0.25, 0.3) is 11.8 Å². The van der Waals surface area contributed by atoms with Crippen molar-refractivity contribution in [1.82, 2.24) is 10.3 Å². The topological polar surface area (TPSA) is 122 Å². The van der Waals surface area contributed by atoms with Crippen LogP contribution < -0.4 is 11.1 Å². The molecule has 0 saturated carbocycles. The number of carbonyl (C=O) groups excluding carboxylic acids is 2. The van der Waals surface area contributed by atoms with Crippen LogP contribution in [0.2, 0.25) is 0 Å². The van der Waals surface area contributed by atoms with Gasteiger partial charge in [0.2, 0.25) is 0 Å². The van der Waals surface area contributed by atoms with Crippen LogP contribution in [-0.4, -0.2) is 40.6 Å². The Hall–Kier alpha value is -2.95. The molecule has 1 aliphatic carbocycles. The molecule has 2 heterocycles. The highest BCUT2D eigenvalue weighted by Crippen LogP contribution is 2.34. The molecule has 2 aromatic heterocycles. The van der Waals surface area contributed by atoms with Crippen LogP contribution in [0.15, 0.2) is 24.5 Å². The van der Waals surface area contributed by atoms with Crippen molar-refractivity contribution >= 4 is 29.1 Å². The van der Waals surface area contributed by atoms with Gasteiger partial charge in [0.15, 0.2) is 0 Å². The zero-order valence-corrected chi connectivity index (χ0v) is 16.6. The van der Waals surface area contributed by atoms with Gasteiger partial charge in [-0.1, -0.05) is 0 Å². The van der Waals surface area contributed by atoms with Crippen LogP contribution in [0.1, 0.15) is 48.9 Å². The second kappa shape index (κ2) is 10.2. The van der Waals surface area contributed by atoms with E-state index in [-0.39, 0.29) is 5.91 Å². The highest BCUT2D eigenvalue weighted by atomic mass is 32.1. The average molecular weight is 443 g/mol. The molecular formula is C19H20F3N3O4S. The lowest BCUT2D eigenvalue weighted by atomic mass is 9.94. The summed E-state index contributed by atoms with van der Waals surface area (Å²) in [7, 11) is 0. The molecule has 30 heavy (non-hydrogen) atoms. The van der Waals surface area contributed by atoms with Crippen molar-refractivity contribution in [3.05, 3.63) is 51.0 Å². The van der Waals surface area contributed by atoms with Crippen LogP contribution >= 0.6 is 11.3 Å². The molecule has 0 spiro atoms. The lowest BCUT2D eigenvalue weighted by molar-refractivity contribution is -0.192. The number of hydrogen-bond donors (Lipinski definition) is 3. The van der Waals surface area contributed by atoms with Gasteiger partial charge < -0.3 is 16.2 Å². The molecule has 11 heteroatoms. The third-order valence-electron chi connectivity index (χ3n) is 4.31. The molecule has 2 aromatic rings. The number of carboxylic acid groups (broad SMARTS) is 1. The van der Waals surface area contributed by atoms with Crippen molar-refractivity contribution in [3.63, 3.8) is 0 Å². The Morgan fingerprint density at radius 3 is 2.33 bits per heavy atom. The van der Waals surface area contributed by atoms with Gasteiger partial charge in [0, 0.05) is 23.8 Å². The van der Waals surface area contributed by atoms with Crippen molar-refractivity contribution < 1.29 is 32.7 Å². The molecule has 0 fully saturated rings. The smallest absolute Gasteiger partial charge is 0.475 e. The molecule has 0 aromatic carbocycles. The van der Waals surface area contributed by atoms with Crippen molar-refractivity contribution in [2.45, 2.75) is 38.3 Å². The number of rotatable bonds is 5. The first kappa shape index (κ1) is 23.3. The summed E-state index contributed by atoms with van der Waals surface area (Å²) in [6.45, 7) is 0.520. The van der Waals surface area contributed by atoms with Crippen LogP contribution in [0.4, 0.5) is 13.2 Å². The van der Waals surface area contributed by atoms with Crippen LogP contribution in [0.5, 0.6) is 0 Å². The number of amides is 2. The molecule has 4 N–H and O–H groups in total. The molecule has 0 unspecified atom stereocenters. The Morgan fingerprint density at radius 1 is 1.17 bits per heavy atom. The van der Waals surface area contributed by atoms with Gasteiger partial charge >= 0.3 is 12.1 Å². The van der Waals surface area contributed by atoms with Gasteiger partial charge in [-0.25, -0.2) is 4.79 Å². The summed E-state index contributed by atoms with van der Waals surface area (Å²) in [6, 6.07) is 3.85. The zero-order valence-electron chi connectivity index (χ0n) is 15.8. The number of nitrogens with zero attached hydrogens (tertiary/aromatic N) is 1. The summed E-state index contributed by atoms with van der Waals surface area (Å²) < 4.78 is 31.7. The number of aliphatic carboxylic acids is 1. The maximum Gasteiger partial charge on any atom is 0.490 e. The number of nitrogens with one attached hydrogen (secondary N) is 1. The number of nitrogens with two attached hydrogens (primary N) is 1. The van der Waals surface area contributed by atoms with Gasteiger partial charge in [-0.2, -0.15) is 13.2 Å². The number of pyridine rings is 1. The van der Waals surface area contributed by atoms with E-state index < -0.39 is 18.1 Å². The summed E-state index contributed by atoms with van der Waals surface area (Å²) in [5.74, 6) is -3.46. The summed E-state index contributed by atoms with van der Waals surface area (Å²) in [6.07, 6.45) is 3.06.